The molecule has 0 saturated carbocycles. The van der Waals surface area contributed by atoms with E-state index in [0.717, 1.165) is 0 Å². The maximum atomic E-state index is 0. The Morgan fingerprint density at radius 3 is 1.00 bits per heavy atom. The Morgan fingerprint density at radius 2 is 1.00 bits per heavy atom. The summed E-state index contributed by atoms with van der Waals surface area (Å²) in [6, 6.07) is 0. The summed E-state index contributed by atoms with van der Waals surface area (Å²) < 4.78 is 0. The minimum absolute atomic E-state index is 0. The number of hydrogen-bond donors (Lipinski definition) is 0. The van der Waals surface area contributed by atoms with E-state index in [9.17, 15) is 0 Å². The summed E-state index contributed by atoms with van der Waals surface area (Å²) in [5.41, 5.74) is 0. The quantitative estimate of drug-likeness (QED) is 0.383. The first-order chi connectivity index (χ1) is 0. The van der Waals surface area contributed by atoms with E-state index in [0.29, 0.717) is 0 Å². The molecule has 4 heavy (non-hydrogen) atoms. The molecule has 0 aliphatic carbocycles. The second kappa shape index (κ2) is 16.3. The van der Waals surface area contributed by atoms with Crippen LogP contribution in [0.5, 0.6) is 0 Å². The van der Waals surface area contributed by atoms with Crippen molar-refractivity contribution in [3.05, 3.63) is 0 Å². The van der Waals surface area contributed by atoms with Gasteiger partial charge in [-0.2, -0.15) is 0 Å². The zero-order valence-corrected chi connectivity index (χ0v) is 17.6. The molecular formula is HCdHgTeZn. The van der Waals surface area contributed by atoms with Crippen LogP contribution < -0.4 is 0 Å². The van der Waals surface area contributed by atoms with E-state index in [1.807, 2.05) is 0 Å². The number of hydrogen-bond acceptors (Lipinski definition) is 0. The molecule has 0 aliphatic rings. The van der Waals surface area contributed by atoms with Gasteiger partial charge in [0.15, 0.2) is 0 Å². The van der Waals surface area contributed by atoms with Crippen molar-refractivity contribution in [2.24, 2.45) is 0 Å². The molecule has 1 radical (unpaired) electrons. The van der Waals surface area contributed by atoms with Crippen LogP contribution in [0.4, 0.5) is 0 Å². The van der Waals surface area contributed by atoms with Crippen molar-refractivity contribution < 1.29 is 74.4 Å². The Bertz CT molecular complexity index is 8.00. The van der Waals surface area contributed by atoms with Gasteiger partial charge in [0.25, 0.3) is 0 Å². The van der Waals surface area contributed by atoms with Gasteiger partial charge in [-0.3, -0.25) is 0 Å². The monoisotopic (exact) mass is 511 g/mol. The molecule has 4 heteroatoms. The fraction of sp³-hybridized carbons (Fsp3) is 0. The van der Waals surface area contributed by atoms with E-state index >= 15 is 0 Å². The molecule has 0 nitrogen and oxygen atoms in total. The molecule has 0 atom stereocenters. The molecule has 0 saturated heterocycles. The molecule has 0 heterocycles. The van der Waals surface area contributed by atoms with Crippen LogP contribution in [0, 0.1) is 0 Å². The van der Waals surface area contributed by atoms with Gasteiger partial charge in [0.05, 0.1) is 0 Å². The second-order valence-electron chi connectivity index (χ2n) is 0. The normalized spacial score (nSPS) is 0. The van der Waals surface area contributed by atoms with Gasteiger partial charge in [0.1, 0.15) is 0 Å². The number of rotatable bonds is 0. The first-order valence-electron chi connectivity index (χ1n) is 0. The van der Waals surface area contributed by atoms with Gasteiger partial charge in [0.2, 0.25) is 0 Å². The first-order valence-corrected chi connectivity index (χ1v) is 0. The van der Waals surface area contributed by atoms with Crippen molar-refractivity contribution in [3.8, 4) is 0 Å². The third-order valence-corrected chi connectivity index (χ3v) is 0. The van der Waals surface area contributed by atoms with E-state index in [4.69, 9.17) is 0 Å². The van der Waals surface area contributed by atoms with Gasteiger partial charge in [-0.05, 0) is 0 Å². The zero-order chi connectivity index (χ0) is 0. The fourth-order valence-corrected chi connectivity index (χ4v) is 0. The zero-order valence-electron chi connectivity index (χ0n) is 2.57. The van der Waals surface area contributed by atoms with Gasteiger partial charge in [-0.15, -0.1) is 0 Å². The summed E-state index contributed by atoms with van der Waals surface area (Å²) in [4.78, 5) is 0. The SMILES string of the molecule is [Cd].[Hg].[TeH].[Zn]. The van der Waals surface area contributed by atoms with E-state index in [-0.39, 0.29) is 98.1 Å². The minimum Gasteiger partial charge on any atom is 0 e. The molecule has 13 valence electrons. The summed E-state index contributed by atoms with van der Waals surface area (Å²) in [7, 11) is 0. The average molecular weight is 507 g/mol. The van der Waals surface area contributed by atoms with Gasteiger partial charge in [-0.1, -0.05) is 0 Å². The molecule has 0 N–H and O–H groups in total. The average Bonchev–Trinajstić information content (AvgIpc) is 0. The van der Waals surface area contributed by atoms with Crippen LogP contribution in [-0.2, 0) is 74.4 Å². The predicted octanol–water partition coefficient (Wildman–Crippen LogP) is -0.656. The molecule has 0 bridgehead atoms. The van der Waals surface area contributed by atoms with Crippen LogP contribution in [0.2, 0.25) is 0 Å². The second-order valence-corrected chi connectivity index (χ2v) is 0. The Morgan fingerprint density at radius 1 is 1.00 bits per heavy atom. The molecule has 0 aliphatic heterocycles. The van der Waals surface area contributed by atoms with E-state index in [1.165, 1.54) is 0 Å². The largest absolute Gasteiger partial charge is 0 e. The van der Waals surface area contributed by atoms with Gasteiger partial charge >= 0.3 is 23.7 Å². The standard InChI is InChI=1S/Cd.Hg.HTe.Zn/h;;1H;. The van der Waals surface area contributed by atoms with Gasteiger partial charge < -0.3 is 0 Å². The fourth-order valence-electron chi connectivity index (χ4n) is 0. The molecule has 0 aromatic rings. The van der Waals surface area contributed by atoms with Crippen molar-refractivity contribution in [1.82, 2.24) is 0 Å². The minimum atomic E-state index is 0. The topological polar surface area (TPSA) is 0 Å². The maximum Gasteiger partial charge on any atom is 0 e. The summed E-state index contributed by atoms with van der Waals surface area (Å²) in [5.74, 6) is 0. The van der Waals surface area contributed by atoms with Crippen molar-refractivity contribution in [3.63, 3.8) is 0 Å². The van der Waals surface area contributed by atoms with Gasteiger partial charge in [0, 0.05) is 74.4 Å². The van der Waals surface area contributed by atoms with Crippen LogP contribution in [0.25, 0.3) is 0 Å². The third kappa shape index (κ3) is 8.99. The van der Waals surface area contributed by atoms with Crippen LogP contribution >= 0.6 is 0 Å². The third-order valence-electron chi connectivity index (χ3n) is 0. The molecule has 0 amide bonds. The maximum absolute atomic E-state index is 0. The molecule has 0 rings (SSSR count). The van der Waals surface area contributed by atoms with Crippen LogP contribution in [-0.4, -0.2) is 23.7 Å². The predicted molar refractivity (Wildman–Crippen MR) is 7.15 cm³/mol. The van der Waals surface area contributed by atoms with E-state index in [1.54, 1.807) is 0 Å². The molecule has 0 aromatic heterocycles. The molecule has 0 aromatic carbocycles. The van der Waals surface area contributed by atoms with Crippen LogP contribution in [0.3, 0.4) is 0 Å². The summed E-state index contributed by atoms with van der Waals surface area (Å²) in [6.07, 6.45) is 0. The smallest absolute Gasteiger partial charge is 0 e. The summed E-state index contributed by atoms with van der Waals surface area (Å²) >= 11 is 0. The Balaban J connectivity index is 0. The van der Waals surface area contributed by atoms with Crippen molar-refractivity contribution >= 4 is 23.7 Å². The van der Waals surface area contributed by atoms with Gasteiger partial charge in [-0.25, -0.2) is 0 Å². The molecule has 0 unspecified atom stereocenters. The first kappa shape index (κ1) is 26.7. The Kier molecular flexibility index (Phi) is 109. The summed E-state index contributed by atoms with van der Waals surface area (Å²) in [6.45, 7) is 0. The van der Waals surface area contributed by atoms with Crippen LogP contribution in [0.1, 0.15) is 0 Å². The Hall–Kier alpha value is 3.27. The van der Waals surface area contributed by atoms with Crippen molar-refractivity contribution in [2.45, 2.75) is 0 Å². The molecule has 0 fully saturated rings. The Labute approximate surface area is 96.0 Å². The molecule has 0 spiro atoms. The van der Waals surface area contributed by atoms with E-state index in [2.05, 4.69) is 0 Å². The van der Waals surface area contributed by atoms with Crippen molar-refractivity contribution in [2.75, 3.05) is 0 Å². The van der Waals surface area contributed by atoms with E-state index < -0.39 is 0 Å². The summed E-state index contributed by atoms with van der Waals surface area (Å²) in [5, 5.41) is 0. The van der Waals surface area contributed by atoms with Crippen molar-refractivity contribution in [1.29, 1.82) is 0 Å². The van der Waals surface area contributed by atoms with Crippen LogP contribution in [0.15, 0.2) is 0 Å². The molecular weight excluding hydrogens is 506 g/mol.